The Morgan fingerprint density at radius 2 is 1.66 bits per heavy atom. The standard InChI is InChI=1S/C32H33FN4O3S/c1-19-16-20(2)18-25(17-19)37(32(39)30-27(34)28(36-41-30)21-8-12-23(33)13-9-21)29(22-10-14-26(40-3)15-11-22)31(38)35-24-6-4-5-7-24/h8-18,24,29H,4-7,34H2,1-3H3,(H,35,38)/t29-/m0/s1. The molecule has 0 bridgehead atoms. The van der Waals surface area contributed by atoms with Crippen LogP contribution in [0.4, 0.5) is 15.8 Å². The first kappa shape index (κ1) is 28.3. The Bertz CT molecular complexity index is 1530. The van der Waals surface area contributed by atoms with Crippen molar-refractivity contribution in [3.63, 3.8) is 0 Å². The number of ether oxygens (including phenoxy) is 1. The number of rotatable bonds is 8. The topological polar surface area (TPSA) is 97.5 Å². The molecule has 1 atom stereocenters. The van der Waals surface area contributed by atoms with Crippen molar-refractivity contribution in [3.05, 3.63) is 94.1 Å². The van der Waals surface area contributed by atoms with Crippen LogP contribution in [0.15, 0.2) is 66.7 Å². The minimum Gasteiger partial charge on any atom is -0.497 e. The normalized spacial score (nSPS) is 14.0. The summed E-state index contributed by atoms with van der Waals surface area (Å²) in [5, 5.41) is 3.20. The molecule has 0 unspecified atom stereocenters. The van der Waals surface area contributed by atoms with Crippen LogP contribution in [0.2, 0.25) is 0 Å². The Balaban J connectivity index is 1.64. The van der Waals surface area contributed by atoms with Crippen LogP contribution in [0, 0.1) is 19.7 Å². The molecule has 7 nitrogen and oxygen atoms in total. The molecule has 2 amide bonds. The third-order valence-corrected chi connectivity index (χ3v) is 8.23. The molecule has 0 radical (unpaired) electrons. The number of aromatic nitrogens is 1. The van der Waals surface area contributed by atoms with E-state index in [4.69, 9.17) is 10.5 Å². The number of hydrogen-bond acceptors (Lipinski definition) is 6. The molecule has 1 saturated carbocycles. The molecule has 0 spiro atoms. The first-order valence-electron chi connectivity index (χ1n) is 13.6. The number of carbonyl (C=O) groups excluding carboxylic acids is 2. The number of nitrogen functional groups attached to an aromatic ring is 1. The van der Waals surface area contributed by atoms with Gasteiger partial charge in [0.2, 0.25) is 5.91 Å². The number of methoxy groups -OCH3 is 1. The number of nitrogens with two attached hydrogens (primary N) is 1. The predicted octanol–water partition coefficient (Wildman–Crippen LogP) is 6.60. The van der Waals surface area contributed by atoms with E-state index in [2.05, 4.69) is 9.69 Å². The number of carbonyl (C=O) groups is 2. The third-order valence-electron chi connectivity index (χ3n) is 7.38. The first-order chi connectivity index (χ1) is 19.7. The summed E-state index contributed by atoms with van der Waals surface area (Å²) < 4.78 is 23.4. The lowest BCUT2D eigenvalue weighted by Crippen LogP contribution is -2.46. The zero-order valence-electron chi connectivity index (χ0n) is 23.3. The summed E-state index contributed by atoms with van der Waals surface area (Å²) in [5.74, 6) is -0.448. The molecule has 0 aliphatic heterocycles. The molecule has 5 rings (SSSR count). The fourth-order valence-corrected chi connectivity index (χ4v) is 6.16. The SMILES string of the molecule is COc1ccc([C@@H](C(=O)NC2CCCC2)N(C(=O)c2snc(-c3ccc(F)cc3)c2N)c2cc(C)cc(C)c2)cc1. The van der Waals surface area contributed by atoms with Crippen LogP contribution < -0.4 is 20.7 Å². The molecule has 1 aromatic heterocycles. The molecule has 1 fully saturated rings. The van der Waals surface area contributed by atoms with E-state index >= 15 is 0 Å². The minimum absolute atomic E-state index is 0.0537. The molecule has 1 heterocycles. The number of nitrogens with zero attached hydrogens (tertiary/aromatic N) is 2. The average molecular weight is 573 g/mol. The number of amides is 2. The molecule has 1 aliphatic carbocycles. The van der Waals surface area contributed by atoms with Gasteiger partial charge < -0.3 is 15.8 Å². The monoisotopic (exact) mass is 572 g/mol. The second kappa shape index (κ2) is 12.1. The van der Waals surface area contributed by atoms with Crippen molar-refractivity contribution in [2.75, 3.05) is 17.7 Å². The van der Waals surface area contributed by atoms with Crippen molar-refractivity contribution < 1.29 is 18.7 Å². The Hall–Kier alpha value is -4.24. The van der Waals surface area contributed by atoms with Crippen LogP contribution in [0.3, 0.4) is 0 Å². The molecular weight excluding hydrogens is 539 g/mol. The quantitative estimate of drug-likeness (QED) is 0.248. The van der Waals surface area contributed by atoms with Crippen molar-refractivity contribution >= 4 is 34.7 Å². The number of anilines is 2. The molecule has 1 aliphatic rings. The van der Waals surface area contributed by atoms with Crippen LogP contribution >= 0.6 is 11.5 Å². The molecule has 3 N–H and O–H groups in total. The van der Waals surface area contributed by atoms with E-state index in [0.717, 1.165) is 48.3 Å². The number of halogens is 1. The Morgan fingerprint density at radius 3 is 2.27 bits per heavy atom. The summed E-state index contributed by atoms with van der Waals surface area (Å²) >= 11 is 0.966. The van der Waals surface area contributed by atoms with Gasteiger partial charge in [-0.2, -0.15) is 4.37 Å². The summed E-state index contributed by atoms with van der Waals surface area (Å²) in [6.07, 6.45) is 3.92. The lowest BCUT2D eigenvalue weighted by Gasteiger charge is -2.32. The van der Waals surface area contributed by atoms with E-state index in [9.17, 15) is 14.0 Å². The van der Waals surface area contributed by atoms with Gasteiger partial charge in [-0.05, 0) is 103 Å². The summed E-state index contributed by atoms with van der Waals surface area (Å²) in [5.41, 5.74) is 10.8. The number of benzene rings is 3. The second-order valence-electron chi connectivity index (χ2n) is 10.5. The van der Waals surface area contributed by atoms with Crippen LogP contribution in [-0.2, 0) is 4.79 Å². The number of nitrogens with one attached hydrogen (secondary N) is 1. The van der Waals surface area contributed by atoms with Gasteiger partial charge >= 0.3 is 0 Å². The van der Waals surface area contributed by atoms with E-state index < -0.39 is 11.9 Å². The van der Waals surface area contributed by atoms with Crippen molar-refractivity contribution in [3.8, 4) is 17.0 Å². The van der Waals surface area contributed by atoms with Gasteiger partial charge in [0.1, 0.15) is 28.2 Å². The van der Waals surface area contributed by atoms with Crippen LogP contribution in [0.25, 0.3) is 11.3 Å². The average Bonchev–Trinajstić information content (AvgIpc) is 3.61. The van der Waals surface area contributed by atoms with E-state index in [-0.39, 0.29) is 28.3 Å². The van der Waals surface area contributed by atoms with Gasteiger partial charge in [0.25, 0.3) is 5.91 Å². The highest BCUT2D eigenvalue weighted by molar-refractivity contribution is 7.09. The predicted molar refractivity (Wildman–Crippen MR) is 161 cm³/mol. The number of aryl methyl sites for hydroxylation is 2. The zero-order chi connectivity index (χ0) is 29.1. The molecule has 212 valence electrons. The second-order valence-corrected chi connectivity index (χ2v) is 11.2. The van der Waals surface area contributed by atoms with Gasteiger partial charge in [-0.15, -0.1) is 0 Å². The van der Waals surface area contributed by atoms with E-state index in [1.54, 1.807) is 43.5 Å². The highest BCUT2D eigenvalue weighted by atomic mass is 32.1. The summed E-state index contributed by atoms with van der Waals surface area (Å²) in [6, 6.07) is 17.8. The van der Waals surface area contributed by atoms with Crippen LogP contribution in [-0.4, -0.2) is 29.3 Å². The van der Waals surface area contributed by atoms with Crippen LogP contribution in [0.1, 0.15) is 58.1 Å². The molecule has 3 aromatic carbocycles. The summed E-state index contributed by atoms with van der Waals surface area (Å²) in [4.78, 5) is 30.3. The van der Waals surface area contributed by atoms with Gasteiger partial charge in [-0.25, -0.2) is 4.39 Å². The summed E-state index contributed by atoms with van der Waals surface area (Å²) in [7, 11) is 1.58. The van der Waals surface area contributed by atoms with Gasteiger partial charge in [0.15, 0.2) is 0 Å². The van der Waals surface area contributed by atoms with Gasteiger partial charge in [0, 0.05) is 17.3 Å². The maximum Gasteiger partial charge on any atom is 0.273 e. The first-order valence-corrected chi connectivity index (χ1v) is 14.4. The Labute approximate surface area is 243 Å². The van der Waals surface area contributed by atoms with Crippen molar-refractivity contribution in [1.82, 2.24) is 9.69 Å². The maximum atomic E-state index is 14.5. The molecule has 4 aromatic rings. The van der Waals surface area contributed by atoms with Crippen LogP contribution in [0.5, 0.6) is 5.75 Å². The fourth-order valence-electron chi connectivity index (χ4n) is 5.40. The Kier molecular flexibility index (Phi) is 8.35. The van der Waals surface area contributed by atoms with E-state index in [0.29, 0.717) is 28.3 Å². The van der Waals surface area contributed by atoms with Crippen molar-refractivity contribution in [1.29, 1.82) is 0 Å². The lowest BCUT2D eigenvalue weighted by molar-refractivity contribution is -0.123. The largest absolute Gasteiger partial charge is 0.497 e. The minimum atomic E-state index is -0.981. The summed E-state index contributed by atoms with van der Waals surface area (Å²) in [6.45, 7) is 3.90. The zero-order valence-corrected chi connectivity index (χ0v) is 24.1. The van der Waals surface area contributed by atoms with Crippen molar-refractivity contribution in [2.24, 2.45) is 0 Å². The highest BCUT2D eigenvalue weighted by Crippen LogP contribution is 2.37. The van der Waals surface area contributed by atoms with Gasteiger partial charge in [-0.1, -0.05) is 31.0 Å². The highest BCUT2D eigenvalue weighted by Gasteiger charge is 2.37. The third kappa shape index (κ3) is 6.10. The van der Waals surface area contributed by atoms with Gasteiger partial charge in [0.05, 0.1) is 12.8 Å². The van der Waals surface area contributed by atoms with Gasteiger partial charge in [-0.3, -0.25) is 14.5 Å². The molecule has 41 heavy (non-hydrogen) atoms. The number of hydrogen-bond donors (Lipinski definition) is 2. The molecule has 9 heteroatoms. The van der Waals surface area contributed by atoms with Crippen molar-refractivity contribution in [2.45, 2.75) is 51.6 Å². The lowest BCUT2D eigenvalue weighted by atomic mass is 10.0. The maximum absolute atomic E-state index is 14.5. The smallest absolute Gasteiger partial charge is 0.273 e. The van der Waals surface area contributed by atoms with E-state index in [1.165, 1.54) is 17.0 Å². The Morgan fingerprint density at radius 1 is 1.02 bits per heavy atom. The fraction of sp³-hybridized carbons (Fsp3) is 0.281. The molecular formula is C32H33FN4O3S. The molecule has 0 saturated heterocycles. The van der Waals surface area contributed by atoms with E-state index in [1.807, 2.05) is 32.0 Å².